The zero-order valence-corrected chi connectivity index (χ0v) is 20.8. The van der Waals surface area contributed by atoms with Crippen LogP contribution in [0.4, 0.5) is 10.1 Å². The SMILES string of the molecule is CC.COC1=C(n2cnc(C)c2)C=CC(/C=C2\OCCN=C2N/C=C\Nc2ccc(F)cc2)CC1. The molecule has 0 fully saturated rings. The number of hydrogen-bond donors (Lipinski definition) is 2. The molecule has 1 aliphatic carbocycles. The summed E-state index contributed by atoms with van der Waals surface area (Å²) in [5, 5.41) is 6.27. The first-order chi connectivity index (χ1) is 17.1. The van der Waals surface area contributed by atoms with Crippen LogP contribution >= 0.6 is 0 Å². The maximum Gasteiger partial charge on any atom is 0.168 e. The Morgan fingerprint density at radius 3 is 2.66 bits per heavy atom. The number of amidine groups is 1. The number of aromatic nitrogens is 2. The molecule has 1 aromatic carbocycles. The van der Waals surface area contributed by atoms with E-state index in [9.17, 15) is 4.39 Å². The summed E-state index contributed by atoms with van der Waals surface area (Å²) in [6.07, 6.45) is 15.3. The van der Waals surface area contributed by atoms with Crippen LogP contribution in [0.2, 0.25) is 0 Å². The second-order valence-electron chi connectivity index (χ2n) is 7.74. The molecule has 0 radical (unpaired) electrons. The minimum atomic E-state index is -0.265. The standard InChI is InChI=1S/C25H28FN5O2.C2H6/c1-18-16-31(17-30-18)22-9-3-19(4-10-23(22)32-2)15-24-25(29-13-14-33-24)28-12-11-27-21-7-5-20(26)6-8-21;1-2/h3,5-9,11-12,15-17,19,27H,4,10,13-14H2,1-2H3,(H,28,29);1-2H3/b12-11-,24-15-;. The number of aryl methyl sites for hydroxylation is 1. The molecule has 0 saturated carbocycles. The third kappa shape index (κ3) is 7.34. The Labute approximate surface area is 206 Å². The summed E-state index contributed by atoms with van der Waals surface area (Å²) < 4.78 is 26.6. The number of halogens is 1. The zero-order chi connectivity index (χ0) is 25.0. The van der Waals surface area contributed by atoms with Crippen molar-refractivity contribution < 1.29 is 13.9 Å². The second-order valence-corrected chi connectivity index (χ2v) is 7.74. The van der Waals surface area contributed by atoms with E-state index in [1.807, 2.05) is 31.5 Å². The highest BCUT2D eigenvalue weighted by Crippen LogP contribution is 2.28. The Bertz CT molecular complexity index is 1110. The van der Waals surface area contributed by atoms with Crippen molar-refractivity contribution in [3.8, 4) is 0 Å². The molecule has 0 saturated heterocycles. The number of nitrogens with one attached hydrogen (secondary N) is 2. The number of nitrogens with zero attached hydrogens (tertiary/aromatic N) is 3. The monoisotopic (exact) mass is 479 g/mol. The van der Waals surface area contributed by atoms with Gasteiger partial charge >= 0.3 is 0 Å². The molecule has 1 atom stereocenters. The van der Waals surface area contributed by atoms with E-state index in [0.717, 1.165) is 41.4 Å². The Morgan fingerprint density at radius 2 is 1.94 bits per heavy atom. The Kier molecular flexibility index (Phi) is 9.71. The lowest BCUT2D eigenvalue weighted by atomic mass is 10.0. The van der Waals surface area contributed by atoms with E-state index in [-0.39, 0.29) is 11.7 Å². The number of allylic oxidation sites excluding steroid dienone is 5. The van der Waals surface area contributed by atoms with Gasteiger partial charge in [0.1, 0.15) is 18.2 Å². The summed E-state index contributed by atoms with van der Waals surface area (Å²) in [4.78, 5) is 8.89. The first-order valence-corrected chi connectivity index (χ1v) is 11.9. The van der Waals surface area contributed by atoms with Crippen LogP contribution in [0.25, 0.3) is 5.70 Å². The molecule has 186 valence electrons. The highest BCUT2D eigenvalue weighted by Gasteiger charge is 2.18. The number of anilines is 1. The van der Waals surface area contributed by atoms with Crippen molar-refractivity contribution in [2.75, 3.05) is 25.6 Å². The van der Waals surface area contributed by atoms with Crippen LogP contribution in [0.15, 0.2) is 83.9 Å². The van der Waals surface area contributed by atoms with E-state index in [1.54, 1.807) is 38.0 Å². The van der Waals surface area contributed by atoms with Gasteiger partial charge in [-0.05, 0) is 55.7 Å². The third-order valence-corrected chi connectivity index (χ3v) is 5.34. The van der Waals surface area contributed by atoms with E-state index in [0.29, 0.717) is 19.0 Å². The van der Waals surface area contributed by atoms with E-state index in [1.165, 1.54) is 12.1 Å². The van der Waals surface area contributed by atoms with Gasteiger partial charge in [-0.25, -0.2) is 9.37 Å². The third-order valence-electron chi connectivity index (χ3n) is 5.34. The molecule has 0 bridgehead atoms. The van der Waals surface area contributed by atoms with Crippen LogP contribution < -0.4 is 10.6 Å². The Balaban J connectivity index is 0.00000167. The van der Waals surface area contributed by atoms with E-state index in [4.69, 9.17) is 9.47 Å². The average molecular weight is 480 g/mol. The lowest BCUT2D eigenvalue weighted by Crippen LogP contribution is -2.27. The maximum absolute atomic E-state index is 13.0. The van der Waals surface area contributed by atoms with Crippen molar-refractivity contribution in [1.29, 1.82) is 0 Å². The first-order valence-electron chi connectivity index (χ1n) is 11.9. The summed E-state index contributed by atoms with van der Waals surface area (Å²) in [5.74, 6) is 2.23. The van der Waals surface area contributed by atoms with Crippen molar-refractivity contribution in [3.63, 3.8) is 0 Å². The number of hydrogen-bond acceptors (Lipinski definition) is 6. The largest absolute Gasteiger partial charge is 0.499 e. The number of methoxy groups -OCH3 is 1. The number of benzene rings is 1. The van der Waals surface area contributed by atoms with Crippen LogP contribution in [0, 0.1) is 18.7 Å². The van der Waals surface area contributed by atoms with Crippen LogP contribution in [-0.2, 0) is 9.47 Å². The number of aliphatic imine (C=N–C) groups is 1. The molecule has 1 aromatic heterocycles. The lowest BCUT2D eigenvalue weighted by Gasteiger charge is -2.19. The van der Waals surface area contributed by atoms with Gasteiger partial charge in [-0.1, -0.05) is 19.9 Å². The molecule has 2 N–H and O–H groups in total. The quantitative estimate of drug-likeness (QED) is 0.562. The van der Waals surface area contributed by atoms with Crippen LogP contribution in [0.1, 0.15) is 32.4 Å². The highest BCUT2D eigenvalue weighted by atomic mass is 19.1. The van der Waals surface area contributed by atoms with Crippen LogP contribution in [0.5, 0.6) is 0 Å². The van der Waals surface area contributed by atoms with Crippen LogP contribution in [-0.4, -0.2) is 35.6 Å². The topological polar surface area (TPSA) is 72.7 Å². The first kappa shape index (κ1) is 25.8. The van der Waals surface area contributed by atoms with Crippen molar-refractivity contribution in [3.05, 3.63) is 90.4 Å². The van der Waals surface area contributed by atoms with Crippen molar-refractivity contribution in [1.82, 2.24) is 14.9 Å². The average Bonchev–Trinajstić information content (AvgIpc) is 3.21. The molecule has 4 rings (SSSR count). The van der Waals surface area contributed by atoms with E-state index in [2.05, 4.69) is 38.8 Å². The van der Waals surface area contributed by atoms with Gasteiger partial charge in [0.05, 0.1) is 31.4 Å². The Hall–Kier alpha value is -3.81. The summed E-state index contributed by atoms with van der Waals surface area (Å²) in [6, 6.07) is 6.17. The molecule has 0 amide bonds. The molecule has 2 aliphatic rings. The minimum Gasteiger partial charge on any atom is -0.499 e. The van der Waals surface area contributed by atoms with E-state index >= 15 is 0 Å². The van der Waals surface area contributed by atoms with Crippen molar-refractivity contribution in [2.45, 2.75) is 33.6 Å². The van der Waals surface area contributed by atoms with Gasteiger partial charge in [-0.15, -0.1) is 0 Å². The lowest BCUT2D eigenvalue weighted by molar-refractivity contribution is 0.227. The Morgan fingerprint density at radius 1 is 1.17 bits per heavy atom. The molecule has 1 unspecified atom stereocenters. The summed E-state index contributed by atoms with van der Waals surface area (Å²) in [6.45, 7) is 7.11. The molecule has 35 heavy (non-hydrogen) atoms. The summed E-state index contributed by atoms with van der Waals surface area (Å²) in [5.41, 5.74) is 2.74. The predicted octanol–water partition coefficient (Wildman–Crippen LogP) is 5.62. The fraction of sp³-hybridized carbons (Fsp3) is 0.333. The highest BCUT2D eigenvalue weighted by molar-refractivity contribution is 5.97. The maximum atomic E-state index is 13.0. The van der Waals surface area contributed by atoms with Gasteiger partial charge < -0.3 is 24.7 Å². The molecule has 7 nitrogen and oxygen atoms in total. The fourth-order valence-corrected chi connectivity index (χ4v) is 3.66. The van der Waals surface area contributed by atoms with Crippen molar-refractivity contribution in [2.24, 2.45) is 10.9 Å². The molecule has 2 aromatic rings. The minimum absolute atomic E-state index is 0.165. The summed E-state index contributed by atoms with van der Waals surface area (Å²) >= 11 is 0. The molecule has 2 heterocycles. The fourth-order valence-electron chi connectivity index (χ4n) is 3.66. The number of rotatable bonds is 6. The normalized spacial score (nSPS) is 18.9. The predicted molar refractivity (Wildman–Crippen MR) is 139 cm³/mol. The van der Waals surface area contributed by atoms with Gasteiger partial charge in [0.15, 0.2) is 11.6 Å². The molecule has 0 spiro atoms. The zero-order valence-electron chi connectivity index (χ0n) is 20.8. The van der Waals surface area contributed by atoms with Crippen molar-refractivity contribution >= 4 is 17.2 Å². The smallest absolute Gasteiger partial charge is 0.168 e. The number of ether oxygens (including phenoxy) is 2. The van der Waals surface area contributed by atoms with Gasteiger partial charge in [0, 0.05) is 30.7 Å². The summed E-state index contributed by atoms with van der Waals surface area (Å²) in [7, 11) is 1.71. The van der Waals surface area contributed by atoms with Crippen LogP contribution in [0.3, 0.4) is 0 Å². The molecule has 1 aliphatic heterocycles. The van der Waals surface area contributed by atoms with Gasteiger partial charge in [0.25, 0.3) is 0 Å². The molecular formula is C27H34FN5O2. The molecule has 8 heteroatoms. The van der Waals surface area contributed by atoms with Gasteiger partial charge in [-0.2, -0.15) is 0 Å². The molecular weight excluding hydrogens is 445 g/mol. The number of imidazole rings is 1. The van der Waals surface area contributed by atoms with Gasteiger partial charge in [-0.3, -0.25) is 4.99 Å². The van der Waals surface area contributed by atoms with Gasteiger partial charge in [0.2, 0.25) is 0 Å². The van der Waals surface area contributed by atoms with E-state index < -0.39 is 0 Å². The second kappa shape index (κ2) is 13.2.